The van der Waals surface area contributed by atoms with Crippen LogP contribution in [0.3, 0.4) is 0 Å². The van der Waals surface area contributed by atoms with E-state index in [0.29, 0.717) is 19.4 Å². The van der Waals surface area contributed by atoms with E-state index in [-0.39, 0.29) is 24.4 Å². The molecular formula is C18H23ClN2O2. The highest BCUT2D eigenvalue weighted by Crippen LogP contribution is 2.24. The average Bonchev–Trinajstić information content (AvgIpc) is 2.53. The van der Waals surface area contributed by atoms with Crippen molar-refractivity contribution in [3.63, 3.8) is 0 Å². The third-order valence-electron chi connectivity index (χ3n) is 3.25. The molecule has 1 atom stereocenters. The van der Waals surface area contributed by atoms with Crippen molar-refractivity contribution in [1.29, 1.82) is 0 Å². The van der Waals surface area contributed by atoms with E-state index in [1.54, 1.807) is 0 Å². The first-order chi connectivity index (χ1) is 10.6. The van der Waals surface area contributed by atoms with E-state index in [4.69, 9.17) is 10.5 Å². The zero-order valence-corrected chi connectivity index (χ0v) is 14.0. The van der Waals surface area contributed by atoms with Gasteiger partial charge in [-0.15, -0.1) is 12.4 Å². The number of benzene rings is 2. The van der Waals surface area contributed by atoms with Gasteiger partial charge in [0.25, 0.3) is 0 Å². The maximum absolute atomic E-state index is 11.8. The van der Waals surface area contributed by atoms with Crippen molar-refractivity contribution in [2.75, 3.05) is 0 Å². The van der Waals surface area contributed by atoms with Crippen LogP contribution in [0.25, 0.3) is 0 Å². The number of halogens is 1. The molecule has 1 unspecified atom stereocenters. The van der Waals surface area contributed by atoms with Gasteiger partial charge in [0.15, 0.2) is 0 Å². The molecule has 2 aromatic carbocycles. The number of nitrogens with one attached hydrogen (secondary N) is 1. The lowest BCUT2D eigenvalue weighted by Gasteiger charge is -2.12. The number of hydrogen-bond acceptors (Lipinski definition) is 3. The Balaban J connectivity index is 0.00000264. The van der Waals surface area contributed by atoms with Gasteiger partial charge in [0.05, 0.1) is 0 Å². The Labute approximate surface area is 143 Å². The summed E-state index contributed by atoms with van der Waals surface area (Å²) in [7, 11) is 0. The predicted octanol–water partition coefficient (Wildman–Crippen LogP) is 3.64. The van der Waals surface area contributed by atoms with Gasteiger partial charge in [-0.3, -0.25) is 4.79 Å². The maximum Gasteiger partial charge on any atom is 0.220 e. The van der Waals surface area contributed by atoms with Crippen LogP contribution >= 0.6 is 12.4 Å². The van der Waals surface area contributed by atoms with Crippen LogP contribution in [0.1, 0.15) is 25.3 Å². The predicted molar refractivity (Wildman–Crippen MR) is 94.9 cm³/mol. The van der Waals surface area contributed by atoms with Crippen LogP contribution in [0, 0.1) is 0 Å². The van der Waals surface area contributed by atoms with Crippen molar-refractivity contribution in [1.82, 2.24) is 5.32 Å². The summed E-state index contributed by atoms with van der Waals surface area (Å²) in [5, 5.41) is 2.91. The number of amides is 1. The topological polar surface area (TPSA) is 64.4 Å². The first-order valence-electron chi connectivity index (χ1n) is 7.48. The van der Waals surface area contributed by atoms with Crippen LogP contribution in [0.5, 0.6) is 11.5 Å². The van der Waals surface area contributed by atoms with Crippen LogP contribution in [0.4, 0.5) is 0 Å². The molecule has 1 amide bonds. The summed E-state index contributed by atoms with van der Waals surface area (Å²) < 4.78 is 5.87. The van der Waals surface area contributed by atoms with Crippen molar-refractivity contribution in [3.8, 4) is 11.5 Å². The Kier molecular flexibility index (Phi) is 8.16. The number of hydrogen-bond donors (Lipinski definition) is 2. The molecule has 0 aliphatic rings. The number of ether oxygens (including phenoxy) is 1. The molecule has 0 bridgehead atoms. The Morgan fingerprint density at radius 3 is 2.48 bits per heavy atom. The Bertz CT molecular complexity index is 603. The highest BCUT2D eigenvalue weighted by molar-refractivity contribution is 5.85. The van der Waals surface area contributed by atoms with E-state index in [1.807, 2.05) is 61.5 Å². The first-order valence-corrected chi connectivity index (χ1v) is 7.48. The summed E-state index contributed by atoms with van der Waals surface area (Å²) in [5.41, 5.74) is 6.60. The number of para-hydroxylation sites is 2. The zero-order chi connectivity index (χ0) is 15.8. The van der Waals surface area contributed by atoms with Crippen molar-refractivity contribution < 1.29 is 9.53 Å². The second-order valence-corrected chi connectivity index (χ2v) is 5.32. The third kappa shape index (κ3) is 6.72. The Morgan fingerprint density at radius 1 is 1.13 bits per heavy atom. The lowest BCUT2D eigenvalue weighted by molar-refractivity contribution is -0.121. The van der Waals surface area contributed by atoms with Gasteiger partial charge in [-0.2, -0.15) is 0 Å². The quantitative estimate of drug-likeness (QED) is 0.812. The lowest BCUT2D eigenvalue weighted by atomic mass is 10.1. The highest BCUT2D eigenvalue weighted by atomic mass is 35.5. The molecule has 0 fully saturated rings. The highest BCUT2D eigenvalue weighted by Gasteiger charge is 2.07. The molecule has 5 heteroatoms. The summed E-state index contributed by atoms with van der Waals surface area (Å²) >= 11 is 0. The minimum atomic E-state index is 0. The SMILES string of the molecule is CC(N)CCC(=O)NCc1ccccc1Oc1ccccc1.Cl. The van der Waals surface area contributed by atoms with Crippen LogP contribution in [0.2, 0.25) is 0 Å². The molecule has 0 spiro atoms. The first kappa shape index (κ1) is 19.0. The van der Waals surface area contributed by atoms with Gasteiger partial charge >= 0.3 is 0 Å². The van der Waals surface area contributed by atoms with E-state index >= 15 is 0 Å². The van der Waals surface area contributed by atoms with Crippen molar-refractivity contribution >= 4 is 18.3 Å². The molecule has 0 aliphatic carbocycles. The van der Waals surface area contributed by atoms with Gasteiger partial charge in [-0.25, -0.2) is 0 Å². The van der Waals surface area contributed by atoms with Crippen molar-refractivity contribution in [2.24, 2.45) is 5.73 Å². The van der Waals surface area contributed by atoms with E-state index in [9.17, 15) is 4.79 Å². The van der Waals surface area contributed by atoms with E-state index in [2.05, 4.69) is 5.32 Å². The fourth-order valence-electron chi connectivity index (χ4n) is 2.01. The van der Waals surface area contributed by atoms with Crippen molar-refractivity contribution in [3.05, 3.63) is 60.2 Å². The average molecular weight is 335 g/mol. The molecule has 0 radical (unpaired) electrons. The van der Waals surface area contributed by atoms with E-state index in [0.717, 1.165) is 17.1 Å². The summed E-state index contributed by atoms with van der Waals surface area (Å²) in [6.45, 7) is 2.34. The van der Waals surface area contributed by atoms with E-state index < -0.39 is 0 Å². The van der Waals surface area contributed by atoms with Gasteiger partial charge in [0.2, 0.25) is 5.91 Å². The monoisotopic (exact) mass is 334 g/mol. The third-order valence-corrected chi connectivity index (χ3v) is 3.25. The molecular weight excluding hydrogens is 312 g/mol. The largest absolute Gasteiger partial charge is 0.457 e. The molecule has 3 N–H and O–H groups in total. The van der Waals surface area contributed by atoms with Crippen molar-refractivity contribution in [2.45, 2.75) is 32.4 Å². The Hall–Kier alpha value is -2.04. The van der Waals surface area contributed by atoms with Crippen LogP contribution < -0.4 is 15.8 Å². The van der Waals surface area contributed by atoms with E-state index in [1.165, 1.54) is 0 Å². The number of carbonyl (C=O) groups is 1. The summed E-state index contributed by atoms with van der Waals surface area (Å²) in [4.78, 5) is 11.8. The Morgan fingerprint density at radius 2 is 1.78 bits per heavy atom. The van der Waals surface area contributed by atoms with Crippen LogP contribution in [0.15, 0.2) is 54.6 Å². The molecule has 2 aromatic rings. The van der Waals surface area contributed by atoms with Crippen LogP contribution in [-0.2, 0) is 11.3 Å². The van der Waals surface area contributed by atoms with Gasteiger partial charge in [-0.05, 0) is 31.5 Å². The second-order valence-electron chi connectivity index (χ2n) is 5.32. The standard InChI is InChI=1S/C18H22N2O2.ClH/c1-14(19)11-12-18(21)20-13-15-7-5-6-10-17(15)22-16-8-3-2-4-9-16;/h2-10,14H,11-13,19H2,1H3,(H,20,21);1H. The summed E-state index contributed by atoms with van der Waals surface area (Å²) in [6, 6.07) is 17.3. The molecule has 23 heavy (non-hydrogen) atoms. The fraction of sp³-hybridized carbons (Fsp3) is 0.278. The fourth-order valence-corrected chi connectivity index (χ4v) is 2.01. The van der Waals surface area contributed by atoms with Gasteiger partial charge in [0, 0.05) is 24.6 Å². The molecule has 0 aliphatic heterocycles. The molecule has 0 saturated carbocycles. The second kappa shape index (κ2) is 9.87. The minimum absolute atomic E-state index is 0. The number of rotatable bonds is 7. The summed E-state index contributed by atoms with van der Waals surface area (Å²) in [5.74, 6) is 1.53. The maximum atomic E-state index is 11.8. The molecule has 0 heterocycles. The zero-order valence-electron chi connectivity index (χ0n) is 13.2. The lowest BCUT2D eigenvalue weighted by Crippen LogP contribution is -2.25. The molecule has 0 saturated heterocycles. The number of nitrogens with two attached hydrogens (primary N) is 1. The number of carbonyl (C=O) groups excluding carboxylic acids is 1. The minimum Gasteiger partial charge on any atom is -0.457 e. The van der Waals surface area contributed by atoms with Gasteiger partial charge in [0.1, 0.15) is 11.5 Å². The normalized spacial score (nSPS) is 11.2. The molecule has 0 aromatic heterocycles. The van der Waals surface area contributed by atoms with Gasteiger partial charge in [-0.1, -0.05) is 36.4 Å². The van der Waals surface area contributed by atoms with Gasteiger partial charge < -0.3 is 15.8 Å². The molecule has 124 valence electrons. The molecule has 4 nitrogen and oxygen atoms in total. The smallest absolute Gasteiger partial charge is 0.220 e. The summed E-state index contributed by atoms with van der Waals surface area (Å²) in [6.07, 6.45) is 1.13. The van der Waals surface area contributed by atoms with Crippen LogP contribution in [-0.4, -0.2) is 11.9 Å². The molecule has 2 rings (SSSR count).